The summed E-state index contributed by atoms with van der Waals surface area (Å²) in [6.07, 6.45) is 1.75. The van der Waals surface area contributed by atoms with Crippen molar-refractivity contribution in [3.8, 4) is 0 Å². The highest BCUT2D eigenvalue weighted by Gasteiger charge is 2.33. The van der Waals surface area contributed by atoms with E-state index in [0.29, 0.717) is 36.3 Å². The Morgan fingerprint density at radius 2 is 2.00 bits per heavy atom. The molecule has 0 radical (unpaired) electrons. The van der Waals surface area contributed by atoms with Crippen LogP contribution in [0.25, 0.3) is 0 Å². The molecule has 19 heavy (non-hydrogen) atoms. The minimum Gasteiger partial charge on any atom is -0.372 e. The number of hydrogen-bond donors (Lipinski definition) is 0. The Labute approximate surface area is 114 Å². The number of Topliss-reactive ketones (excluding diaryl/α,β-unsaturated/α-hetero) is 1. The number of rotatable bonds is 3. The lowest BCUT2D eigenvalue weighted by molar-refractivity contribution is -0.127. The number of hydrogen-bond acceptors (Lipinski definition) is 2. The van der Waals surface area contributed by atoms with Crippen LogP contribution in [-0.2, 0) is 4.79 Å². The quantitative estimate of drug-likeness (QED) is 0.831. The van der Waals surface area contributed by atoms with E-state index in [1.165, 1.54) is 6.07 Å². The molecule has 0 amide bonds. The highest BCUT2D eigenvalue weighted by molar-refractivity contribution is 5.83. The Bertz CT molecular complexity index is 460. The summed E-state index contributed by atoms with van der Waals surface area (Å²) in [4.78, 5) is 14.0. The Morgan fingerprint density at radius 3 is 2.63 bits per heavy atom. The molecule has 0 saturated heterocycles. The van der Waals surface area contributed by atoms with Gasteiger partial charge >= 0.3 is 0 Å². The molecule has 1 fully saturated rings. The average Bonchev–Trinajstić information content (AvgIpc) is 2.34. The lowest BCUT2D eigenvalue weighted by Crippen LogP contribution is -2.39. The van der Waals surface area contributed by atoms with Crippen molar-refractivity contribution in [3.05, 3.63) is 30.1 Å². The highest BCUT2D eigenvalue weighted by atomic mass is 19.1. The van der Waals surface area contributed by atoms with Crippen molar-refractivity contribution in [2.45, 2.75) is 26.7 Å². The number of ketones is 1. The molecule has 3 atom stereocenters. The standard InChI is InChI=1S/C16H22FNO/c1-11-8-12(2)13(16(19)9-11)10-18(3)15-7-5-4-6-14(15)17/h4-7,11-13H,8-10H2,1-3H3. The van der Waals surface area contributed by atoms with Crippen LogP contribution in [0.5, 0.6) is 0 Å². The van der Waals surface area contributed by atoms with Crippen molar-refractivity contribution in [2.75, 3.05) is 18.5 Å². The van der Waals surface area contributed by atoms with Gasteiger partial charge in [-0.25, -0.2) is 4.39 Å². The van der Waals surface area contributed by atoms with Gasteiger partial charge in [-0.2, -0.15) is 0 Å². The van der Waals surface area contributed by atoms with Crippen LogP contribution in [0.2, 0.25) is 0 Å². The normalized spacial score (nSPS) is 27.4. The van der Waals surface area contributed by atoms with Crippen LogP contribution in [0.4, 0.5) is 10.1 Å². The van der Waals surface area contributed by atoms with Gasteiger partial charge in [0, 0.05) is 25.9 Å². The maximum Gasteiger partial charge on any atom is 0.146 e. The molecule has 0 spiro atoms. The number of halogens is 1. The lowest BCUT2D eigenvalue weighted by atomic mass is 9.74. The first-order valence-corrected chi connectivity index (χ1v) is 6.97. The number of benzene rings is 1. The van der Waals surface area contributed by atoms with E-state index in [-0.39, 0.29) is 11.7 Å². The fourth-order valence-electron chi connectivity index (χ4n) is 3.13. The predicted octanol–water partition coefficient (Wildman–Crippen LogP) is 3.51. The van der Waals surface area contributed by atoms with E-state index in [2.05, 4.69) is 13.8 Å². The third-order valence-electron chi connectivity index (χ3n) is 4.16. The van der Waals surface area contributed by atoms with Crippen LogP contribution >= 0.6 is 0 Å². The van der Waals surface area contributed by atoms with Gasteiger partial charge in [-0.05, 0) is 30.4 Å². The maximum absolute atomic E-state index is 13.7. The van der Waals surface area contributed by atoms with E-state index in [0.717, 1.165) is 6.42 Å². The summed E-state index contributed by atoms with van der Waals surface area (Å²) in [7, 11) is 1.86. The van der Waals surface area contributed by atoms with Gasteiger partial charge in [-0.15, -0.1) is 0 Å². The van der Waals surface area contributed by atoms with Crippen molar-refractivity contribution >= 4 is 11.5 Å². The molecule has 1 saturated carbocycles. The van der Waals surface area contributed by atoms with Crippen LogP contribution in [-0.4, -0.2) is 19.4 Å². The summed E-state index contributed by atoms with van der Waals surface area (Å²) in [6.45, 7) is 4.87. The molecule has 1 aliphatic carbocycles. The van der Waals surface area contributed by atoms with Gasteiger partial charge in [0.15, 0.2) is 0 Å². The van der Waals surface area contributed by atoms with Crippen LogP contribution in [0.3, 0.4) is 0 Å². The summed E-state index contributed by atoms with van der Waals surface area (Å²) in [5.41, 5.74) is 0.570. The molecule has 0 aliphatic heterocycles. The molecule has 2 rings (SSSR count). The van der Waals surface area contributed by atoms with Crippen LogP contribution < -0.4 is 4.90 Å². The monoisotopic (exact) mass is 263 g/mol. The Hall–Kier alpha value is -1.38. The smallest absolute Gasteiger partial charge is 0.146 e. The second-order valence-electron chi connectivity index (χ2n) is 5.93. The number of para-hydroxylation sites is 1. The third-order valence-corrected chi connectivity index (χ3v) is 4.16. The van der Waals surface area contributed by atoms with Crippen molar-refractivity contribution in [3.63, 3.8) is 0 Å². The van der Waals surface area contributed by atoms with Crippen LogP contribution in [0, 0.1) is 23.6 Å². The fourth-order valence-corrected chi connectivity index (χ4v) is 3.13. The molecule has 3 unspecified atom stereocenters. The molecule has 104 valence electrons. The largest absolute Gasteiger partial charge is 0.372 e. The predicted molar refractivity (Wildman–Crippen MR) is 75.7 cm³/mol. The lowest BCUT2D eigenvalue weighted by Gasteiger charge is -2.34. The van der Waals surface area contributed by atoms with E-state index < -0.39 is 0 Å². The number of nitrogens with zero attached hydrogens (tertiary/aromatic N) is 1. The van der Waals surface area contributed by atoms with Gasteiger partial charge in [-0.1, -0.05) is 26.0 Å². The Morgan fingerprint density at radius 1 is 1.32 bits per heavy atom. The average molecular weight is 263 g/mol. The molecule has 1 aromatic rings. The van der Waals surface area contributed by atoms with Gasteiger partial charge in [0.1, 0.15) is 11.6 Å². The summed E-state index contributed by atoms with van der Waals surface area (Å²) < 4.78 is 13.7. The Balaban J connectivity index is 2.08. The summed E-state index contributed by atoms with van der Waals surface area (Å²) in [5, 5.41) is 0. The molecular weight excluding hydrogens is 241 g/mol. The van der Waals surface area contributed by atoms with Crippen molar-refractivity contribution in [1.29, 1.82) is 0 Å². The van der Waals surface area contributed by atoms with E-state index >= 15 is 0 Å². The Kier molecular flexibility index (Phi) is 4.23. The van der Waals surface area contributed by atoms with Crippen LogP contribution in [0.1, 0.15) is 26.7 Å². The minimum absolute atomic E-state index is 0.0285. The molecule has 3 heteroatoms. The second-order valence-corrected chi connectivity index (χ2v) is 5.93. The number of carbonyl (C=O) groups excluding carboxylic acids is 1. The zero-order chi connectivity index (χ0) is 14.0. The van der Waals surface area contributed by atoms with Crippen molar-refractivity contribution in [1.82, 2.24) is 0 Å². The molecular formula is C16H22FNO. The summed E-state index contributed by atoms with van der Waals surface area (Å²) in [6, 6.07) is 6.72. The van der Waals surface area contributed by atoms with Crippen molar-refractivity contribution in [2.24, 2.45) is 17.8 Å². The molecule has 0 heterocycles. The van der Waals surface area contributed by atoms with Gasteiger partial charge in [0.25, 0.3) is 0 Å². The zero-order valence-corrected chi connectivity index (χ0v) is 11.9. The summed E-state index contributed by atoms with van der Waals surface area (Å²) in [5.74, 6) is 0.993. The van der Waals surface area contributed by atoms with Gasteiger partial charge in [0.05, 0.1) is 5.69 Å². The summed E-state index contributed by atoms with van der Waals surface area (Å²) >= 11 is 0. The molecule has 1 aliphatic rings. The van der Waals surface area contributed by atoms with Gasteiger partial charge in [0.2, 0.25) is 0 Å². The maximum atomic E-state index is 13.7. The molecule has 0 N–H and O–H groups in total. The molecule has 1 aromatic carbocycles. The topological polar surface area (TPSA) is 20.3 Å². The first kappa shape index (κ1) is 14.0. The van der Waals surface area contributed by atoms with E-state index in [9.17, 15) is 9.18 Å². The van der Waals surface area contributed by atoms with Crippen molar-refractivity contribution < 1.29 is 9.18 Å². The molecule has 2 nitrogen and oxygen atoms in total. The third kappa shape index (κ3) is 3.14. The first-order valence-electron chi connectivity index (χ1n) is 6.97. The molecule has 0 bridgehead atoms. The SMILES string of the molecule is CC1CC(=O)C(CN(C)c2ccccc2F)C(C)C1. The van der Waals surface area contributed by atoms with E-state index in [4.69, 9.17) is 0 Å². The van der Waals surface area contributed by atoms with E-state index in [1.807, 2.05) is 18.0 Å². The van der Waals surface area contributed by atoms with Gasteiger partial charge in [-0.3, -0.25) is 4.79 Å². The minimum atomic E-state index is -0.228. The highest BCUT2D eigenvalue weighted by Crippen LogP contribution is 2.32. The van der Waals surface area contributed by atoms with Crippen LogP contribution in [0.15, 0.2) is 24.3 Å². The molecule has 0 aromatic heterocycles. The van der Waals surface area contributed by atoms with E-state index in [1.54, 1.807) is 12.1 Å². The zero-order valence-electron chi connectivity index (χ0n) is 11.9. The number of carbonyl (C=O) groups is 1. The first-order chi connectivity index (χ1) is 8.99. The fraction of sp³-hybridized carbons (Fsp3) is 0.562. The van der Waals surface area contributed by atoms with Gasteiger partial charge < -0.3 is 4.90 Å². The second kappa shape index (κ2) is 5.72. The number of anilines is 1.